The van der Waals surface area contributed by atoms with Crippen LogP contribution in [0, 0.1) is 11.8 Å². The lowest BCUT2D eigenvalue weighted by molar-refractivity contribution is -0.123. The number of carbonyl (C=O) groups excluding carboxylic acids is 6. The molecular formula is C51H57N5O6. The molecule has 4 aliphatic rings. The molecule has 2 unspecified atom stereocenters. The summed E-state index contributed by atoms with van der Waals surface area (Å²) >= 11 is 0. The second kappa shape index (κ2) is 22.5. The number of benzene rings is 4. The molecule has 62 heavy (non-hydrogen) atoms. The molecule has 1 N–H and O–H groups in total. The van der Waals surface area contributed by atoms with Gasteiger partial charge in [-0.15, -0.1) is 0 Å². The number of hydrogen-bond acceptors (Lipinski definition) is 8. The van der Waals surface area contributed by atoms with E-state index in [1.54, 1.807) is 72.8 Å². The number of amides is 5. The molecule has 11 heteroatoms. The highest BCUT2D eigenvalue weighted by Crippen LogP contribution is 2.38. The topological polar surface area (TPSA) is 146 Å². The van der Waals surface area contributed by atoms with Gasteiger partial charge in [0.15, 0.2) is 5.78 Å². The third-order valence-corrected chi connectivity index (χ3v) is 10.0. The maximum absolute atomic E-state index is 12.9. The summed E-state index contributed by atoms with van der Waals surface area (Å²) in [5.41, 5.74) is 6.82. The maximum atomic E-state index is 12.9. The third kappa shape index (κ3) is 10.6. The first kappa shape index (κ1) is 49.2. The summed E-state index contributed by atoms with van der Waals surface area (Å²) in [6.45, 7) is 13.2. The summed E-state index contributed by atoms with van der Waals surface area (Å²) < 4.78 is 0. The molecule has 0 saturated carbocycles. The lowest BCUT2D eigenvalue weighted by Crippen LogP contribution is -2.30. The zero-order chi connectivity index (χ0) is 43.5. The average Bonchev–Trinajstić information content (AvgIpc) is 3.70. The number of imide groups is 2. The van der Waals surface area contributed by atoms with Crippen LogP contribution in [0.15, 0.2) is 160 Å². The van der Waals surface area contributed by atoms with Gasteiger partial charge in [0.25, 0.3) is 17.7 Å². The number of ketones is 1. The fourth-order valence-corrected chi connectivity index (χ4v) is 7.08. The van der Waals surface area contributed by atoms with Crippen molar-refractivity contribution in [2.45, 2.75) is 76.2 Å². The summed E-state index contributed by atoms with van der Waals surface area (Å²) in [6, 6.07) is 29.5. The van der Waals surface area contributed by atoms with Crippen LogP contribution in [0.2, 0.25) is 0 Å². The standard InChI is InChI=1S/C28H22N4O3.C17H15NO3.2C2H6.2CH4/c1-18-6-5-9-24-25(18)28(35)32(27(24)34)23-16-10-19(11-17-23)26(33)29-20-12-14-22(15-13-20)31-30-21-7-3-2-4-8-21;1-10-4-3-5-14-15(10)17(21)18(16(14)20)13-8-6-12(7-9-13)11(2)19;2*1-2;;/h2-8,10-17,24H,9H2,1H3,(H,29,33);3-4,6-9,14H,5H2,1-2H3;2*1-2H3;2*1H4. The summed E-state index contributed by atoms with van der Waals surface area (Å²) in [5, 5.41) is 11.2. The van der Waals surface area contributed by atoms with Crippen LogP contribution >= 0.6 is 0 Å². The molecular weight excluding hydrogens is 779 g/mol. The first-order valence-electron chi connectivity index (χ1n) is 20.1. The van der Waals surface area contributed by atoms with Gasteiger partial charge in [-0.25, -0.2) is 9.80 Å². The molecule has 0 bridgehead atoms. The molecule has 4 aromatic carbocycles. The van der Waals surface area contributed by atoms with E-state index in [9.17, 15) is 28.8 Å². The van der Waals surface area contributed by atoms with Crippen LogP contribution < -0.4 is 15.1 Å². The van der Waals surface area contributed by atoms with Crippen LogP contribution in [0.25, 0.3) is 0 Å². The quantitative estimate of drug-likeness (QED) is 0.111. The van der Waals surface area contributed by atoms with E-state index in [0.29, 0.717) is 57.9 Å². The number of azo groups is 1. The zero-order valence-corrected chi connectivity index (χ0v) is 34.9. The molecule has 2 aliphatic carbocycles. The normalized spacial score (nSPS) is 17.1. The van der Waals surface area contributed by atoms with Crippen molar-refractivity contribution < 1.29 is 28.8 Å². The Bertz CT molecular complexity index is 2430. The Labute approximate surface area is 365 Å². The van der Waals surface area contributed by atoms with Crippen LogP contribution in [0.5, 0.6) is 0 Å². The van der Waals surface area contributed by atoms with E-state index in [2.05, 4.69) is 15.5 Å². The predicted molar refractivity (Wildman–Crippen MR) is 249 cm³/mol. The van der Waals surface area contributed by atoms with Crippen molar-refractivity contribution in [1.29, 1.82) is 0 Å². The average molecular weight is 836 g/mol. The lowest BCUT2D eigenvalue weighted by atomic mass is 9.89. The van der Waals surface area contributed by atoms with Crippen molar-refractivity contribution >= 4 is 63.8 Å². The summed E-state index contributed by atoms with van der Waals surface area (Å²) in [6.07, 6.45) is 8.72. The second-order valence-corrected chi connectivity index (χ2v) is 13.7. The van der Waals surface area contributed by atoms with Gasteiger partial charge in [0.1, 0.15) is 0 Å². The number of rotatable bonds is 7. The Hall–Kier alpha value is -7.14. The van der Waals surface area contributed by atoms with Crippen molar-refractivity contribution in [2.75, 3.05) is 15.1 Å². The van der Waals surface area contributed by atoms with Gasteiger partial charge in [-0.2, -0.15) is 10.2 Å². The largest absolute Gasteiger partial charge is 0.322 e. The van der Waals surface area contributed by atoms with Crippen LogP contribution in [0.3, 0.4) is 0 Å². The molecule has 11 nitrogen and oxygen atoms in total. The molecule has 2 heterocycles. The number of allylic oxidation sites excluding steroid dienone is 6. The molecule has 8 rings (SSSR count). The Morgan fingerprint density at radius 2 is 0.968 bits per heavy atom. The number of carbonyl (C=O) groups is 6. The number of hydrogen-bond donors (Lipinski definition) is 1. The molecule has 5 amide bonds. The van der Waals surface area contributed by atoms with Gasteiger partial charge in [0, 0.05) is 28.0 Å². The van der Waals surface area contributed by atoms with E-state index in [1.807, 2.05) is 96.2 Å². The maximum Gasteiger partial charge on any atom is 0.262 e. The highest BCUT2D eigenvalue weighted by Gasteiger charge is 2.46. The number of nitrogens with one attached hydrogen (secondary N) is 1. The van der Waals surface area contributed by atoms with Crippen LogP contribution in [0.1, 0.15) is 96.9 Å². The Morgan fingerprint density at radius 1 is 0.565 bits per heavy atom. The van der Waals surface area contributed by atoms with Crippen molar-refractivity contribution in [1.82, 2.24) is 0 Å². The van der Waals surface area contributed by atoms with Gasteiger partial charge in [0.05, 0.1) is 34.6 Å². The van der Waals surface area contributed by atoms with Crippen LogP contribution in [-0.2, 0) is 19.2 Å². The molecule has 2 fully saturated rings. The minimum absolute atomic E-state index is 0. The summed E-state index contributed by atoms with van der Waals surface area (Å²) in [7, 11) is 0. The molecule has 2 saturated heterocycles. The van der Waals surface area contributed by atoms with Crippen LogP contribution in [0.4, 0.5) is 28.4 Å². The van der Waals surface area contributed by atoms with E-state index in [-0.39, 0.29) is 56.1 Å². The fourth-order valence-electron chi connectivity index (χ4n) is 7.08. The van der Waals surface area contributed by atoms with Gasteiger partial charge in [-0.3, -0.25) is 28.8 Å². The van der Waals surface area contributed by atoms with Crippen molar-refractivity contribution in [3.05, 3.63) is 161 Å². The van der Waals surface area contributed by atoms with Gasteiger partial charge < -0.3 is 5.32 Å². The summed E-state index contributed by atoms with van der Waals surface area (Å²) in [5.74, 6) is -2.08. The van der Waals surface area contributed by atoms with Gasteiger partial charge >= 0.3 is 0 Å². The summed E-state index contributed by atoms with van der Waals surface area (Å²) in [4.78, 5) is 77.2. The van der Waals surface area contributed by atoms with Crippen molar-refractivity contribution in [3.63, 3.8) is 0 Å². The highest BCUT2D eigenvalue weighted by atomic mass is 16.2. The smallest absolute Gasteiger partial charge is 0.262 e. The lowest BCUT2D eigenvalue weighted by Gasteiger charge is -2.14. The molecule has 2 atom stereocenters. The van der Waals surface area contributed by atoms with Gasteiger partial charge in [-0.05, 0) is 130 Å². The Kier molecular flexibility index (Phi) is 17.8. The Morgan fingerprint density at radius 3 is 1.37 bits per heavy atom. The van der Waals surface area contributed by atoms with Gasteiger partial charge in [-0.1, -0.05) is 85.1 Å². The number of nitrogens with zero attached hydrogens (tertiary/aromatic N) is 4. The molecule has 322 valence electrons. The number of fused-ring (bicyclic) bond motifs is 2. The van der Waals surface area contributed by atoms with E-state index in [1.165, 1.54) is 16.7 Å². The minimum atomic E-state index is -0.425. The minimum Gasteiger partial charge on any atom is -0.322 e. The van der Waals surface area contributed by atoms with Crippen LogP contribution in [-0.4, -0.2) is 35.3 Å². The first-order valence-corrected chi connectivity index (χ1v) is 20.1. The monoisotopic (exact) mass is 835 g/mol. The highest BCUT2D eigenvalue weighted by molar-refractivity contribution is 6.30. The van der Waals surface area contributed by atoms with Crippen molar-refractivity contribution in [3.8, 4) is 0 Å². The Balaban J connectivity index is 0.000000326. The predicted octanol–water partition coefficient (Wildman–Crippen LogP) is 12.1. The molecule has 0 aromatic heterocycles. The van der Waals surface area contributed by atoms with E-state index in [0.717, 1.165) is 16.8 Å². The van der Waals surface area contributed by atoms with Crippen molar-refractivity contribution in [2.24, 2.45) is 22.1 Å². The second-order valence-electron chi connectivity index (χ2n) is 13.7. The number of anilines is 3. The number of Topliss-reactive ketones (excluding diaryl/α,β-unsaturated/α-hetero) is 1. The zero-order valence-electron chi connectivity index (χ0n) is 34.9. The van der Waals surface area contributed by atoms with E-state index in [4.69, 9.17) is 0 Å². The van der Waals surface area contributed by atoms with Gasteiger partial charge in [0.2, 0.25) is 11.8 Å². The molecule has 0 spiro atoms. The van der Waals surface area contributed by atoms with E-state index < -0.39 is 5.92 Å². The fraction of sp³-hybridized carbons (Fsp3) is 0.255. The third-order valence-electron chi connectivity index (χ3n) is 10.0. The molecule has 4 aromatic rings. The molecule has 2 aliphatic heterocycles. The first-order chi connectivity index (χ1) is 29.0. The SMILES string of the molecule is C.C.CC.CC.CC(=O)c1ccc(N2C(=O)C3=C(C)C=CCC3C2=O)cc1.CC1=C2C(=O)N(c3ccc(C(=O)Nc4ccc(N=Nc5ccccc5)cc4)cc3)C(=O)C2CC=C1. The van der Waals surface area contributed by atoms with E-state index >= 15 is 0 Å². The molecule has 0 radical (unpaired) electrons.